The number of pyridine rings is 1. The van der Waals surface area contributed by atoms with Crippen LogP contribution in [0.4, 0.5) is 5.69 Å². The smallest absolute Gasteiger partial charge is 0.357 e. The van der Waals surface area contributed by atoms with Crippen LogP contribution >= 0.6 is 0 Å². The molecule has 2 aromatic rings. The normalized spacial score (nSPS) is 19.2. The van der Waals surface area contributed by atoms with Crippen molar-refractivity contribution in [2.75, 3.05) is 25.1 Å². The molecule has 7 heteroatoms. The van der Waals surface area contributed by atoms with E-state index in [4.69, 9.17) is 9.47 Å². The summed E-state index contributed by atoms with van der Waals surface area (Å²) in [4.78, 5) is 30.2. The van der Waals surface area contributed by atoms with E-state index in [1.54, 1.807) is 36.5 Å². The quantitative estimate of drug-likeness (QED) is 0.734. The molecule has 0 saturated carbocycles. The molecule has 28 heavy (non-hydrogen) atoms. The maximum atomic E-state index is 12.4. The molecule has 1 aliphatic heterocycles. The molecule has 7 nitrogen and oxygen atoms in total. The third kappa shape index (κ3) is 4.86. The minimum absolute atomic E-state index is 0.0951. The average molecular weight is 384 g/mol. The van der Waals surface area contributed by atoms with E-state index in [9.17, 15) is 9.59 Å². The molecule has 148 valence electrons. The van der Waals surface area contributed by atoms with Crippen molar-refractivity contribution < 1.29 is 23.8 Å². The number of carbonyl (C=O) groups excluding carboxylic acids is 2. The molecule has 1 aliphatic rings. The number of morpholine rings is 1. The lowest BCUT2D eigenvalue weighted by Crippen LogP contribution is -2.45. The van der Waals surface area contributed by atoms with E-state index >= 15 is 0 Å². The number of benzene rings is 1. The van der Waals surface area contributed by atoms with Crippen molar-refractivity contribution in [2.24, 2.45) is 0 Å². The molecule has 0 bridgehead atoms. The molecule has 2 heterocycles. The second-order valence-electron chi connectivity index (χ2n) is 6.83. The maximum Gasteiger partial charge on any atom is 0.357 e. The molecule has 2 atom stereocenters. The molecular formula is C21H24N2O5. The summed E-state index contributed by atoms with van der Waals surface area (Å²) in [6.45, 7) is 5.68. The zero-order valence-corrected chi connectivity index (χ0v) is 16.3. The first kappa shape index (κ1) is 19.8. The van der Waals surface area contributed by atoms with Crippen LogP contribution in [0.5, 0.6) is 0 Å². The van der Waals surface area contributed by atoms with Crippen LogP contribution in [0, 0.1) is 0 Å². The van der Waals surface area contributed by atoms with Crippen molar-refractivity contribution in [1.82, 2.24) is 4.98 Å². The number of methoxy groups -OCH3 is 1. The van der Waals surface area contributed by atoms with Gasteiger partial charge >= 0.3 is 11.9 Å². The molecular weight excluding hydrogens is 360 g/mol. The highest BCUT2D eigenvalue weighted by Crippen LogP contribution is 2.21. The first-order valence-electron chi connectivity index (χ1n) is 9.17. The summed E-state index contributed by atoms with van der Waals surface area (Å²) >= 11 is 0. The number of hydrogen-bond acceptors (Lipinski definition) is 7. The zero-order valence-electron chi connectivity index (χ0n) is 16.3. The second kappa shape index (κ2) is 8.84. The molecule has 1 saturated heterocycles. The van der Waals surface area contributed by atoms with Crippen molar-refractivity contribution in [2.45, 2.75) is 32.7 Å². The van der Waals surface area contributed by atoms with Crippen molar-refractivity contribution in [3.63, 3.8) is 0 Å². The number of esters is 2. The van der Waals surface area contributed by atoms with Crippen LogP contribution in [-0.2, 0) is 20.8 Å². The molecule has 0 aliphatic carbocycles. The highest BCUT2D eigenvalue weighted by atomic mass is 16.5. The minimum Gasteiger partial charge on any atom is -0.465 e. The lowest BCUT2D eigenvalue weighted by atomic mass is 10.1. The van der Waals surface area contributed by atoms with E-state index in [1.165, 1.54) is 7.11 Å². The first-order chi connectivity index (χ1) is 13.5. The summed E-state index contributed by atoms with van der Waals surface area (Å²) in [6.07, 6.45) is 1.86. The Morgan fingerprint density at radius 1 is 1.11 bits per heavy atom. The number of aromatic nitrogens is 1. The van der Waals surface area contributed by atoms with Crippen LogP contribution in [0.1, 0.15) is 40.3 Å². The van der Waals surface area contributed by atoms with Gasteiger partial charge in [-0.05, 0) is 43.7 Å². The SMILES string of the molecule is COC(=O)c1ccc(COC(=O)c2cc(N3CC(C)OC(C)C3)ccn2)cc1. The number of carbonyl (C=O) groups is 2. The van der Waals surface area contributed by atoms with Gasteiger partial charge in [0.15, 0.2) is 0 Å². The zero-order chi connectivity index (χ0) is 20.1. The molecule has 0 amide bonds. The van der Waals surface area contributed by atoms with E-state index < -0.39 is 11.9 Å². The van der Waals surface area contributed by atoms with E-state index in [0.29, 0.717) is 5.56 Å². The Kier molecular flexibility index (Phi) is 6.26. The fourth-order valence-electron chi connectivity index (χ4n) is 3.19. The minimum atomic E-state index is -0.492. The van der Waals surface area contributed by atoms with Crippen molar-refractivity contribution in [3.05, 3.63) is 59.4 Å². The van der Waals surface area contributed by atoms with E-state index in [0.717, 1.165) is 24.3 Å². The van der Waals surface area contributed by atoms with Gasteiger partial charge in [0.25, 0.3) is 0 Å². The molecule has 0 radical (unpaired) electrons. The predicted octanol–water partition coefficient (Wildman–Crippen LogP) is 2.84. The molecule has 1 fully saturated rings. The van der Waals surface area contributed by atoms with Gasteiger partial charge in [0, 0.05) is 25.0 Å². The van der Waals surface area contributed by atoms with Gasteiger partial charge < -0.3 is 19.1 Å². The number of ether oxygens (including phenoxy) is 3. The van der Waals surface area contributed by atoms with Gasteiger partial charge in [-0.1, -0.05) is 12.1 Å². The predicted molar refractivity (Wildman–Crippen MR) is 103 cm³/mol. The molecule has 1 aromatic carbocycles. The van der Waals surface area contributed by atoms with Gasteiger partial charge in [0.2, 0.25) is 0 Å². The van der Waals surface area contributed by atoms with Crippen LogP contribution in [0.15, 0.2) is 42.6 Å². The fraction of sp³-hybridized carbons (Fsp3) is 0.381. The van der Waals surface area contributed by atoms with Crippen molar-refractivity contribution in [1.29, 1.82) is 0 Å². The topological polar surface area (TPSA) is 78.0 Å². The van der Waals surface area contributed by atoms with E-state index in [1.807, 2.05) is 19.9 Å². The van der Waals surface area contributed by atoms with Gasteiger partial charge in [-0.15, -0.1) is 0 Å². The summed E-state index contributed by atoms with van der Waals surface area (Å²) in [6, 6.07) is 10.3. The van der Waals surface area contributed by atoms with Gasteiger partial charge in [0.05, 0.1) is 24.9 Å². The van der Waals surface area contributed by atoms with Crippen LogP contribution in [0.25, 0.3) is 0 Å². The third-order valence-electron chi connectivity index (χ3n) is 4.48. The van der Waals surface area contributed by atoms with Gasteiger partial charge in [0.1, 0.15) is 12.3 Å². The summed E-state index contributed by atoms with van der Waals surface area (Å²) < 4.78 is 15.8. The van der Waals surface area contributed by atoms with E-state index in [-0.39, 0.29) is 24.5 Å². The Bertz CT molecular complexity index is 827. The third-order valence-corrected chi connectivity index (χ3v) is 4.48. The monoisotopic (exact) mass is 384 g/mol. The number of anilines is 1. The van der Waals surface area contributed by atoms with Crippen LogP contribution < -0.4 is 4.90 Å². The van der Waals surface area contributed by atoms with Gasteiger partial charge in [-0.25, -0.2) is 14.6 Å². The van der Waals surface area contributed by atoms with Gasteiger partial charge in [-0.3, -0.25) is 0 Å². The summed E-state index contributed by atoms with van der Waals surface area (Å²) in [5.74, 6) is -0.899. The molecule has 1 aromatic heterocycles. The maximum absolute atomic E-state index is 12.4. The summed E-state index contributed by atoms with van der Waals surface area (Å²) in [5.41, 5.74) is 2.40. The van der Waals surface area contributed by atoms with Crippen LogP contribution in [-0.4, -0.2) is 49.3 Å². The van der Waals surface area contributed by atoms with E-state index in [2.05, 4.69) is 14.6 Å². The molecule has 0 N–H and O–H groups in total. The highest BCUT2D eigenvalue weighted by Gasteiger charge is 2.23. The Morgan fingerprint density at radius 2 is 1.79 bits per heavy atom. The largest absolute Gasteiger partial charge is 0.465 e. The second-order valence-corrected chi connectivity index (χ2v) is 6.83. The molecule has 2 unspecified atom stereocenters. The Labute approximate surface area is 164 Å². The molecule has 0 spiro atoms. The van der Waals surface area contributed by atoms with Gasteiger partial charge in [-0.2, -0.15) is 0 Å². The highest BCUT2D eigenvalue weighted by molar-refractivity contribution is 5.89. The standard InChI is InChI=1S/C21H24N2O5/c1-14-11-23(12-15(2)28-14)18-8-9-22-19(10-18)21(25)27-13-16-4-6-17(7-5-16)20(24)26-3/h4-10,14-15H,11-13H2,1-3H3. The number of hydrogen-bond donors (Lipinski definition) is 0. The van der Waals surface area contributed by atoms with Crippen molar-refractivity contribution >= 4 is 17.6 Å². The van der Waals surface area contributed by atoms with Crippen LogP contribution in [0.3, 0.4) is 0 Å². The molecule has 3 rings (SSSR count). The summed E-state index contributed by atoms with van der Waals surface area (Å²) in [5, 5.41) is 0. The lowest BCUT2D eigenvalue weighted by molar-refractivity contribution is -0.00522. The first-order valence-corrected chi connectivity index (χ1v) is 9.17. The number of nitrogens with zero attached hydrogens (tertiary/aromatic N) is 2. The Hall–Kier alpha value is -2.93. The summed E-state index contributed by atoms with van der Waals surface area (Å²) in [7, 11) is 1.33. The van der Waals surface area contributed by atoms with Crippen LogP contribution in [0.2, 0.25) is 0 Å². The Morgan fingerprint density at radius 3 is 2.43 bits per heavy atom. The lowest BCUT2D eigenvalue weighted by Gasteiger charge is -2.36. The van der Waals surface area contributed by atoms with Crippen molar-refractivity contribution in [3.8, 4) is 0 Å². The number of rotatable bonds is 5. The Balaban J connectivity index is 1.62. The average Bonchev–Trinajstić information content (AvgIpc) is 2.71. The fourth-order valence-corrected chi connectivity index (χ4v) is 3.19.